The third-order valence-corrected chi connectivity index (χ3v) is 5.10. The van der Waals surface area contributed by atoms with Crippen molar-refractivity contribution in [3.8, 4) is 0 Å². The third-order valence-electron chi connectivity index (χ3n) is 2.02. The summed E-state index contributed by atoms with van der Waals surface area (Å²) in [7, 11) is -3.59. The summed E-state index contributed by atoms with van der Waals surface area (Å²) in [5.74, 6) is 0. The van der Waals surface area contributed by atoms with Gasteiger partial charge in [0.25, 0.3) is 10.0 Å². The van der Waals surface area contributed by atoms with Gasteiger partial charge >= 0.3 is 0 Å². The van der Waals surface area contributed by atoms with Crippen LogP contribution in [0.25, 0.3) is 0 Å². The largest absolute Gasteiger partial charge is 0.380 e. The number of hydrogen-bond donors (Lipinski definition) is 1. The zero-order chi connectivity index (χ0) is 12.9. The number of ether oxygens (including phenoxy) is 1. The van der Waals surface area contributed by atoms with Crippen LogP contribution in [0.2, 0.25) is 0 Å². The van der Waals surface area contributed by atoms with Gasteiger partial charge in [0.1, 0.15) is 0 Å². The van der Waals surface area contributed by atoms with E-state index >= 15 is 0 Å². The van der Waals surface area contributed by atoms with E-state index in [9.17, 15) is 8.42 Å². The van der Waals surface area contributed by atoms with Crippen LogP contribution in [0.1, 0.15) is 13.8 Å². The number of nitrogens with zero attached hydrogens (tertiary/aromatic N) is 3. The van der Waals surface area contributed by atoms with E-state index in [1.165, 1.54) is 4.31 Å². The van der Waals surface area contributed by atoms with Gasteiger partial charge < -0.3 is 10.5 Å². The minimum absolute atomic E-state index is 0.0756. The monoisotopic (exact) mass is 280 g/mol. The van der Waals surface area contributed by atoms with Gasteiger partial charge in [0.05, 0.1) is 6.61 Å². The molecule has 0 unspecified atom stereocenters. The van der Waals surface area contributed by atoms with E-state index in [2.05, 4.69) is 10.2 Å². The number of hydrogen-bond acceptors (Lipinski definition) is 7. The molecule has 7 nitrogen and oxygen atoms in total. The Morgan fingerprint density at radius 1 is 1.41 bits per heavy atom. The molecule has 0 atom stereocenters. The van der Waals surface area contributed by atoms with Crippen LogP contribution in [0.3, 0.4) is 0 Å². The minimum Gasteiger partial charge on any atom is -0.380 e. The Labute approximate surface area is 105 Å². The summed E-state index contributed by atoms with van der Waals surface area (Å²) >= 11 is 0.863. The van der Waals surface area contributed by atoms with Gasteiger partial charge in [0.15, 0.2) is 0 Å². The van der Waals surface area contributed by atoms with Gasteiger partial charge in [-0.2, -0.15) is 4.31 Å². The van der Waals surface area contributed by atoms with E-state index in [-0.39, 0.29) is 9.47 Å². The molecule has 1 aromatic heterocycles. The molecule has 2 N–H and O–H groups in total. The summed E-state index contributed by atoms with van der Waals surface area (Å²) in [6, 6.07) is 0. The fourth-order valence-corrected chi connectivity index (χ4v) is 3.55. The normalized spacial score (nSPS) is 12.2. The van der Waals surface area contributed by atoms with Crippen LogP contribution in [0.15, 0.2) is 4.34 Å². The van der Waals surface area contributed by atoms with Gasteiger partial charge in [0.2, 0.25) is 9.47 Å². The van der Waals surface area contributed by atoms with Gasteiger partial charge in [-0.05, 0) is 6.92 Å². The predicted octanol–water partition coefficient (Wildman–Crippen LogP) is 0.167. The van der Waals surface area contributed by atoms with E-state index in [1.807, 2.05) is 6.92 Å². The predicted molar refractivity (Wildman–Crippen MR) is 65.2 cm³/mol. The van der Waals surface area contributed by atoms with Gasteiger partial charge in [-0.15, -0.1) is 10.2 Å². The molecule has 1 heterocycles. The van der Waals surface area contributed by atoms with Gasteiger partial charge in [-0.25, -0.2) is 8.42 Å². The molecular weight excluding hydrogens is 264 g/mol. The average Bonchev–Trinajstić information content (AvgIpc) is 2.71. The molecule has 98 valence electrons. The van der Waals surface area contributed by atoms with Crippen molar-refractivity contribution in [2.45, 2.75) is 18.2 Å². The Balaban J connectivity index is 2.79. The Hall–Kier alpha value is -0.770. The van der Waals surface area contributed by atoms with Crippen molar-refractivity contribution in [1.82, 2.24) is 14.5 Å². The summed E-state index contributed by atoms with van der Waals surface area (Å²) in [4.78, 5) is 0. The van der Waals surface area contributed by atoms with E-state index in [1.54, 1.807) is 6.92 Å². The zero-order valence-corrected chi connectivity index (χ0v) is 11.4. The number of rotatable bonds is 7. The molecule has 0 saturated heterocycles. The highest BCUT2D eigenvalue weighted by molar-refractivity contribution is 7.91. The van der Waals surface area contributed by atoms with E-state index < -0.39 is 10.0 Å². The Bertz CT molecular complexity index is 445. The van der Waals surface area contributed by atoms with Crippen molar-refractivity contribution in [2.24, 2.45) is 0 Å². The summed E-state index contributed by atoms with van der Waals surface area (Å²) in [5.41, 5.74) is 5.38. The minimum atomic E-state index is -3.59. The summed E-state index contributed by atoms with van der Waals surface area (Å²) < 4.78 is 30.5. The lowest BCUT2D eigenvalue weighted by Crippen LogP contribution is -2.33. The SMILES string of the molecule is CCOCCN(CC)S(=O)(=O)c1nnc(N)s1. The zero-order valence-electron chi connectivity index (χ0n) is 9.79. The first-order valence-electron chi connectivity index (χ1n) is 5.19. The molecule has 0 aliphatic carbocycles. The fraction of sp³-hybridized carbons (Fsp3) is 0.750. The maximum atomic E-state index is 12.1. The molecule has 0 aliphatic heterocycles. The molecule has 9 heteroatoms. The second-order valence-corrected chi connectivity index (χ2v) is 6.22. The molecule has 0 radical (unpaired) electrons. The molecule has 0 aromatic carbocycles. The molecule has 0 bridgehead atoms. The summed E-state index contributed by atoms with van der Waals surface area (Å²) in [6.07, 6.45) is 0. The van der Waals surface area contributed by atoms with Gasteiger partial charge in [0, 0.05) is 19.7 Å². The molecule has 0 spiro atoms. The maximum absolute atomic E-state index is 12.1. The van der Waals surface area contributed by atoms with E-state index in [4.69, 9.17) is 10.5 Å². The molecule has 1 aromatic rings. The second-order valence-electron chi connectivity index (χ2n) is 3.10. The standard InChI is InChI=1S/C8H16N4O3S2/c1-3-12(5-6-15-4-2)17(13,14)8-11-10-7(9)16-8/h3-6H2,1-2H3,(H2,9,10). The highest BCUT2D eigenvalue weighted by atomic mass is 32.2. The van der Waals surface area contributed by atoms with E-state index in [0.29, 0.717) is 26.3 Å². The summed E-state index contributed by atoms with van der Waals surface area (Å²) in [5, 5.41) is 7.21. The highest BCUT2D eigenvalue weighted by Gasteiger charge is 2.26. The molecule has 17 heavy (non-hydrogen) atoms. The number of anilines is 1. The van der Waals surface area contributed by atoms with Crippen LogP contribution in [0.4, 0.5) is 5.13 Å². The van der Waals surface area contributed by atoms with Crippen LogP contribution >= 0.6 is 11.3 Å². The molecule has 0 amide bonds. The quantitative estimate of drug-likeness (QED) is 0.715. The maximum Gasteiger partial charge on any atom is 0.272 e. The van der Waals surface area contributed by atoms with Crippen LogP contribution in [0.5, 0.6) is 0 Å². The van der Waals surface area contributed by atoms with Gasteiger partial charge in [-0.1, -0.05) is 18.3 Å². The van der Waals surface area contributed by atoms with Crippen molar-refractivity contribution >= 4 is 26.5 Å². The molecule has 0 fully saturated rings. The van der Waals surface area contributed by atoms with Crippen molar-refractivity contribution in [3.63, 3.8) is 0 Å². The van der Waals surface area contributed by atoms with Crippen molar-refractivity contribution in [3.05, 3.63) is 0 Å². The van der Waals surface area contributed by atoms with Crippen molar-refractivity contribution in [2.75, 3.05) is 32.0 Å². The number of aromatic nitrogens is 2. The van der Waals surface area contributed by atoms with Crippen LogP contribution < -0.4 is 5.73 Å². The lowest BCUT2D eigenvalue weighted by Gasteiger charge is -2.18. The Morgan fingerprint density at radius 3 is 2.59 bits per heavy atom. The van der Waals surface area contributed by atoms with Crippen molar-refractivity contribution in [1.29, 1.82) is 0 Å². The first kappa shape index (κ1) is 14.3. The lowest BCUT2D eigenvalue weighted by atomic mass is 10.6. The molecule has 0 aliphatic rings. The Kier molecular flexibility index (Phi) is 5.25. The Morgan fingerprint density at radius 2 is 2.12 bits per heavy atom. The lowest BCUT2D eigenvalue weighted by molar-refractivity contribution is 0.135. The van der Waals surface area contributed by atoms with Crippen molar-refractivity contribution < 1.29 is 13.2 Å². The number of nitrogens with two attached hydrogens (primary N) is 1. The topological polar surface area (TPSA) is 98.4 Å². The first-order valence-corrected chi connectivity index (χ1v) is 7.44. The number of nitrogen functional groups attached to an aromatic ring is 1. The third kappa shape index (κ3) is 3.60. The molecule has 0 saturated carbocycles. The fourth-order valence-electron chi connectivity index (χ4n) is 1.19. The van der Waals surface area contributed by atoms with Crippen LogP contribution in [-0.4, -0.2) is 49.2 Å². The van der Waals surface area contributed by atoms with Crippen LogP contribution in [0, 0.1) is 0 Å². The second kappa shape index (κ2) is 6.24. The smallest absolute Gasteiger partial charge is 0.272 e. The summed E-state index contributed by atoms with van der Waals surface area (Å²) in [6.45, 7) is 5.19. The molecular formula is C8H16N4O3S2. The number of sulfonamides is 1. The average molecular weight is 280 g/mol. The molecule has 1 rings (SSSR count). The highest BCUT2D eigenvalue weighted by Crippen LogP contribution is 2.20. The van der Waals surface area contributed by atoms with E-state index in [0.717, 1.165) is 11.3 Å². The van der Waals surface area contributed by atoms with Crippen LogP contribution in [-0.2, 0) is 14.8 Å². The first-order chi connectivity index (χ1) is 8.02. The van der Waals surface area contributed by atoms with Gasteiger partial charge in [-0.3, -0.25) is 0 Å². The number of likely N-dealkylation sites (N-methyl/N-ethyl adjacent to an activating group) is 1.